The van der Waals surface area contributed by atoms with Gasteiger partial charge in [-0.25, -0.2) is 4.79 Å². The van der Waals surface area contributed by atoms with Crippen LogP contribution < -0.4 is 0 Å². The molecule has 0 spiro atoms. The van der Waals surface area contributed by atoms with Crippen molar-refractivity contribution in [2.75, 3.05) is 19.6 Å². The van der Waals surface area contributed by atoms with E-state index in [2.05, 4.69) is 15.2 Å². The van der Waals surface area contributed by atoms with Gasteiger partial charge in [0.2, 0.25) is 0 Å². The lowest BCUT2D eigenvalue weighted by atomic mass is 9.99. The van der Waals surface area contributed by atoms with Crippen LogP contribution >= 0.6 is 0 Å². The van der Waals surface area contributed by atoms with Crippen molar-refractivity contribution in [3.05, 3.63) is 11.9 Å². The van der Waals surface area contributed by atoms with Gasteiger partial charge in [0.1, 0.15) is 5.78 Å². The summed E-state index contributed by atoms with van der Waals surface area (Å²) >= 11 is 0. The smallest absolute Gasteiger partial charge is 0.358 e. The largest absolute Gasteiger partial charge is 0.476 e. The molecule has 18 heavy (non-hydrogen) atoms. The lowest BCUT2D eigenvalue weighted by Gasteiger charge is -2.29. The summed E-state index contributed by atoms with van der Waals surface area (Å²) in [4.78, 5) is 24.2. The summed E-state index contributed by atoms with van der Waals surface area (Å²) in [5.41, 5.74) is -0.0443. The van der Waals surface area contributed by atoms with E-state index in [9.17, 15) is 9.59 Å². The summed E-state index contributed by atoms with van der Waals surface area (Å²) in [6, 6.07) is 0. The number of aromatic nitrogens is 3. The Morgan fingerprint density at radius 2 is 2.33 bits per heavy atom. The molecule has 0 amide bonds. The third kappa shape index (κ3) is 2.92. The number of nitrogens with zero attached hydrogens (tertiary/aromatic N) is 4. The number of hydrogen-bond acceptors (Lipinski definition) is 5. The molecular weight excluding hydrogens is 236 g/mol. The van der Waals surface area contributed by atoms with Gasteiger partial charge in [0.15, 0.2) is 5.69 Å². The molecule has 0 saturated carbocycles. The average molecular weight is 252 g/mol. The fraction of sp³-hybridized carbons (Fsp3) is 0.636. The lowest BCUT2D eigenvalue weighted by Crippen LogP contribution is -2.41. The van der Waals surface area contributed by atoms with Crippen molar-refractivity contribution in [2.45, 2.75) is 19.9 Å². The molecule has 7 nitrogen and oxygen atoms in total. The van der Waals surface area contributed by atoms with Crippen LogP contribution in [0.2, 0.25) is 0 Å². The summed E-state index contributed by atoms with van der Waals surface area (Å²) in [5, 5.41) is 16.0. The summed E-state index contributed by atoms with van der Waals surface area (Å²) in [5.74, 6) is -0.664. The summed E-state index contributed by atoms with van der Waals surface area (Å²) in [7, 11) is 0. The molecule has 1 fully saturated rings. The second-order valence-corrected chi connectivity index (χ2v) is 4.59. The molecule has 0 aliphatic carbocycles. The molecule has 1 unspecified atom stereocenters. The molecule has 0 bridgehead atoms. The molecule has 2 rings (SSSR count). The number of piperidine rings is 1. The van der Waals surface area contributed by atoms with E-state index in [0.717, 1.165) is 19.6 Å². The summed E-state index contributed by atoms with van der Waals surface area (Å²) in [6.07, 6.45) is 2.01. The van der Waals surface area contributed by atoms with Gasteiger partial charge in [0.25, 0.3) is 0 Å². The quantitative estimate of drug-likeness (QED) is 0.804. The topological polar surface area (TPSA) is 88.3 Å². The standard InChI is InChI=1S/C11H16N4O3/c1-8-6-14(3-2-10(8)16)4-5-15-7-9(11(17)18)12-13-15/h7-8H,2-6H2,1H3,(H,17,18). The number of Topliss-reactive ketones (excluding diaryl/α,β-unsaturated/α-hetero) is 1. The first-order valence-electron chi connectivity index (χ1n) is 5.95. The van der Waals surface area contributed by atoms with Crippen molar-refractivity contribution in [1.29, 1.82) is 0 Å². The first kappa shape index (κ1) is 12.7. The molecule has 1 N–H and O–H groups in total. The number of rotatable bonds is 4. The van der Waals surface area contributed by atoms with Crippen LogP contribution in [0.15, 0.2) is 6.20 Å². The van der Waals surface area contributed by atoms with Crippen LogP contribution in [0.3, 0.4) is 0 Å². The van der Waals surface area contributed by atoms with E-state index in [1.165, 1.54) is 10.9 Å². The highest BCUT2D eigenvalue weighted by molar-refractivity contribution is 5.84. The van der Waals surface area contributed by atoms with Crippen molar-refractivity contribution in [2.24, 2.45) is 5.92 Å². The Labute approximate surface area is 104 Å². The number of likely N-dealkylation sites (tertiary alicyclic amines) is 1. The highest BCUT2D eigenvalue weighted by atomic mass is 16.4. The number of ketones is 1. The Kier molecular flexibility index (Phi) is 3.71. The maximum atomic E-state index is 11.4. The van der Waals surface area contributed by atoms with Gasteiger partial charge in [-0.1, -0.05) is 12.1 Å². The highest BCUT2D eigenvalue weighted by Gasteiger charge is 2.23. The Bertz CT molecular complexity index is 457. The molecule has 98 valence electrons. The van der Waals surface area contributed by atoms with E-state index in [1.54, 1.807) is 0 Å². The highest BCUT2D eigenvalue weighted by Crippen LogP contribution is 2.11. The first-order chi connectivity index (χ1) is 8.56. The van der Waals surface area contributed by atoms with E-state index in [0.29, 0.717) is 18.7 Å². The molecular formula is C11H16N4O3. The van der Waals surface area contributed by atoms with E-state index in [-0.39, 0.29) is 11.6 Å². The maximum absolute atomic E-state index is 11.4. The fourth-order valence-corrected chi connectivity index (χ4v) is 2.05. The predicted octanol–water partition coefficient (Wildman–Crippen LogP) is -0.113. The number of carbonyl (C=O) groups is 2. The van der Waals surface area contributed by atoms with Gasteiger partial charge >= 0.3 is 5.97 Å². The monoisotopic (exact) mass is 252 g/mol. The van der Waals surface area contributed by atoms with Crippen LogP contribution in [0.1, 0.15) is 23.8 Å². The van der Waals surface area contributed by atoms with Crippen molar-refractivity contribution < 1.29 is 14.7 Å². The second-order valence-electron chi connectivity index (χ2n) is 4.59. The average Bonchev–Trinajstić information content (AvgIpc) is 2.79. The van der Waals surface area contributed by atoms with E-state index < -0.39 is 5.97 Å². The van der Waals surface area contributed by atoms with Crippen molar-refractivity contribution in [3.8, 4) is 0 Å². The minimum Gasteiger partial charge on any atom is -0.476 e. The van der Waals surface area contributed by atoms with E-state index in [1.807, 2.05) is 6.92 Å². The van der Waals surface area contributed by atoms with Gasteiger partial charge in [-0.15, -0.1) is 5.10 Å². The number of aromatic carboxylic acids is 1. The first-order valence-corrected chi connectivity index (χ1v) is 5.95. The van der Waals surface area contributed by atoms with E-state index in [4.69, 9.17) is 5.11 Å². The van der Waals surface area contributed by atoms with Crippen molar-refractivity contribution in [1.82, 2.24) is 19.9 Å². The molecule has 2 heterocycles. The number of hydrogen-bond donors (Lipinski definition) is 1. The Balaban J connectivity index is 1.84. The van der Waals surface area contributed by atoms with Gasteiger partial charge in [-0.2, -0.15) is 0 Å². The molecule has 7 heteroatoms. The lowest BCUT2D eigenvalue weighted by molar-refractivity contribution is -0.125. The molecule has 1 aromatic heterocycles. The van der Waals surface area contributed by atoms with Crippen LogP contribution in [0, 0.1) is 5.92 Å². The van der Waals surface area contributed by atoms with Crippen LogP contribution in [0.5, 0.6) is 0 Å². The van der Waals surface area contributed by atoms with Gasteiger partial charge in [-0.3, -0.25) is 9.48 Å². The van der Waals surface area contributed by atoms with Crippen molar-refractivity contribution >= 4 is 11.8 Å². The minimum atomic E-state index is -1.07. The van der Waals surface area contributed by atoms with Crippen molar-refractivity contribution in [3.63, 3.8) is 0 Å². The Morgan fingerprint density at radius 3 is 2.94 bits per heavy atom. The van der Waals surface area contributed by atoms with Crippen LogP contribution in [-0.4, -0.2) is 56.4 Å². The fourth-order valence-electron chi connectivity index (χ4n) is 2.05. The van der Waals surface area contributed by atoms with Gasteiger partial charge in [-0.05, 0) is 0 Å². The number of carboxylic acids is 1. The maximum Gasteiger partial charge on any atom is 0.358 e. The normalized spacial score (nSPS) is 21.2. The number of carboxylic acid groups (broad SMARTS) is 1. The molecule has 1 aliphatic heterocycles. The zero-order valence-corrected chi connectivity index (χ0v) is 10.2. The van der Waals surface area contributed by atoms with Crippen LogP contribution in [0.4, 0.5) is 0 Å². The number of carbonyl (C=O) groups excluding carboxylic acids is 1. The van der Waals surface area contributed by atoms with Crippen LogP contribution in [0.25, 0.3) is 0 Å². The zero-order valence-electron chi connectivity index (χ0n) is 10.2. The van der Waals surface area contributed by atoms with Crippen LogP contribution in [-0.2, 0) is 11.3 Å². The van der Waals surface area contributed by atoms with Gasteiger partial charge in [0.05, 0.1) is 12.7 Å². The molecule has 1 saturated heterocycles. The van der Waals surface area contributed by atoms with E-state index >= 15 is 0 Å². The molecule has 0 radical (unpaired) electrons. The minimum absolute atomic E-state index is 0.0443. The Morgan fingerprint density at radius 1 is 1.56 bits per heavy atom. The third-order valence-corrected chi connectivity index (χ3v) is 3.16. The Hall–Kier alpha value is -1.76. The SMILES string of the molecule is CC1CN(CCn2cc(C(=O)O)nn2)CCC1=O. The second kappa shape index (κ2) is 5.26. The summed E-state index contributed by atoms with van der Waals surface area (Å²) in [6.45, 7) is 4.80. The zero-order chi connectivity index (χ0) is 13.1. The predicted molar refractivity (Wildman–Crippen MR) is 62.2 cm³/mol. The third-order valence-electron chi connectivity index (χ3n) is 3.16. The molecule has 1 atom stereocenters. The molecule has 0 aromatic carbocycles. The van der Waals surface area contributed by atoms with Gasteiger partial charge < -0.3 is 10.0 Å². The summed E-state index contributed by atoms with van der Waals surface area (Å²) < 4.78 is 1.52. The molecule has 1 aliphatic rings. The molecule has 1 aromatic rings. The van der Waals surface area contributed by atoms with Gasteiger partial charge in [0, 0.05) is 32.0 Å².